The van der Waals surface area contributed by atoms with E-state index < -0.39 is 0 Å². The first-order valence-electron chi connectivity index (χ1n) is 8.44. The summed E-state index contributed by atoms with van der Waals surface area (Å²) in [6, 6.07) is 5.68. The first-order valence-corrected chi connectivity index (χ1v) is 10.0. The lowest BCUT2D eigenvalue weighted by atomic mass is 10.0. The van der Waals surface area contributed by atoms with Crippen LogP contribution in [0, 0.1) is 6.92 Å². The van der Waals surface area contributed by atoms with Crippen LogP contribution in [0.1, 0.15) is 43.6 Å². The molecule has 5 nitrogen and oxygen atoms in total. The highest BCUT2D eigenvalue weighted by Gasteiger charge is 2.17. The molecule has 0 saturated carbocycles. The van der Waals surface area contributed by atoms with Crippen LogP contribution in [-0.2, 0) is 4.79 Å². The average molecular weight is 498 g/mol. The van der Waals surface area contributed by atoms with Gasteiger partial charge in [0.15, 0.2) is 6.61 Å². The van der Waals surface area contributed by atoms with E-state index in [1.807, 2.05) is 38.1 Å². The summed E-state index contributed by atoms with van der Waals surface area (Å²) in [5.74, 6) is 1.33. The number of rotatable bonds is 7. The lowest BCUT2D eigenvalue weighted by Gasteiger charge is -2.18. The SMILES string of the molecule is CC(C=NNC(=O)COc1c(C(C)C)cc(Br)c(C)c1Br)=Cc1ccco1. The summed E-state index contributed by atoms with van der Waals surface area (Å²) in [6.45, 7) is 7.87. The Morgan fingerprint density at radius 3 is 2.78 bits per heavy atom. The fraction of sp³-hybridized carbons (Fsp3) is 0.300. The molecule has 0 aliphatic heterocycles. The first-order chi connectivity index (χ1) is 12.8. The van der Waals surface area contributed by atoms with Gasteiger partial charge in [-0.1, -0.05) is 29.8 Å². The predicted octanol–water partition coefficient (Wildman–Crippen LogP) is 5.82. The van der Waals surface area contributed by atoms with E-state index in [4.69, 9.17) is 9.15 Å². The maximum atomic E-state index is 12.0. The lowest BCUT2D eigenvalue weighted by Crippen LogP contribution is -2.25. The van der Waals surface area contributed by atoms with Gasteiger partial charge in [0.25, 0.3) is 5.91 Å². The Kier molecular flexibility index (Phi) is 7.86. The molecular formula is C20H22Br2N2O3. The number of carbonyl (C=O) groups excluding carboxylic acids is 1. The molecule has 1 amide bonds. The Hall–Kier alpha value is -1.86. The maximum absolute atomic E-state index is 12.0. The van der Waals surface area contributed by atoms with Crippen LogP contribution in [0.5, 0.6) is 5.75 Å². The second-order valence-corrected chi connectivity index (χ2v) is 8.00. The molecule has 144 valence electrons. The summed E-state index contributed by atoms with van der Waals surface area (Å²) >= 11 is 7.12. The largest absolute Gasteiger partial charge is 0.482 e. The third-order valence-corrected chi connectivity index (χ3v) is 5.55. The summed E-state index contributed by atoms with van der Waals surface area (Å²) < 4.78 is 12.9. The van der Waals surface area contributed by atoms with Gasteiger partial charge in [-0.15, -0.1) is 0 Å². The summed E-state index contributed by atoms with van der Waals surface area (Å²) in [7, 11) is 0. The van der Waals surface area contributed by atoms with Crippen molar-refractivity contribution in [2.24, 2.45) is 5.10 Å². The number of benzene rings is 1. The van der Waals surface area contributed by atoms with Crippen LogP contribution in [0.2, 0.25) is 0 Å². The Labute approximate surface area is 176 Å². The standard InChI is InChI=1S/C20H22Br2N2O3/c1-12(2)16-9-17(21)14(4)19(22)20(16)27-11-18(25)24-23-10-13(3)8-15-6-5-7-26-15/h5-10,12H,11H2,1-4H3,(H,24,25). The second-order valence-electron chi connectivity index (χ2n) is 6.36. The van der Waals surface area contributed by atoms with Crippen molar-refractivity contribution < 1.29 is 13.9 Å². The van der Waals surface area contributed by atoms with Crippen LogP contribution in [0.4, 0.5) is 0 Å². The smallest absolute Gasteiger partial charge is 0.277 e. The Balaban J connectivity index is 1.98. The van der Waals surface area contributed by atoms with E-state index in [1.54, 1.807) is 12.5 Å². The molecule has 7 heteroatoms. The summed E-state index contributed by atoms with van der Waals surface area (Å²) in [5.41, 5.74) is 5.35. The highest BCUT2D eigenvalue weighted by Crippen LogP contribution is 2.40. The third-order valence-electron chi connectivity index (χ3n) is 3.77. The number of carbonyl (C=O) groups is 1. The van der Waals surface area contributed by atoms with Gasteiger partial charge < -0.3 is 9.15 Å². The van der Waals surface area contributed by atoms with Gasteiger partial charge in [0.2, 0.25) is 0 Å². The van der Waals surface area contributed by atoms with Crippen molar-refractivity contribution in [3.63, 3.8) is 0 Å². The number of ether oxygens (including phenoxy) is 1. The molecule has 0 fully saturated rings. The van der Waals surface area contributed by atoms with Crippen molar-refractivity contribution in [3.05, 3.63) is 55.9 Å². The summed E-state index contributed by atoms with van der Waals surface area (Å²) in [6.07, 6.45) is 4.98. The third kappa shape index (κ3) is 6.07. The van der Waals surface area contributed by atoms with E-state index in [9.17, 15) is 4.79 Å². The molecule has 1 N–H and O–H groups in total. The van der Waals surface area contributed by atoms with Crippen LogP contribution in [0.3, 0.4) is 0 Å². The predicted molar refractivity (Wildman–Crippen MR) is 115 cm³/mol. The van der Waals surface area contributed by atoms with Crippen LogP contribution in [-0.4, -0.2) is 18.7 Å². The number of hydrazone groups is 1. The molecule has 0 unspecified atom stereocenters. The second kappa shape index (κ2) is 9.90. The Bertz CT molecular complexity index is 857. The monoisotopic (exact) mass is 496 g/mol. The molecule has 0 saturated heterocycles. The normalized spacial score (nSPS) is 12.0. The zero-order valence-electron chi connectivity index (χ0n) is 15.7. The van der Waals surface area contributed by atoms with Crippen molar-refractivity contribution >= 4 is 50.1 Å². The fourth-order valence-electron chi connectivity index (χ4n) is 2.30. The van der Waals surface area contributed by atoms with Crippen molar-refractivity contribution in [1.29, 1.82) is 0 Å². The van der Waals surface area contributed by atoms with E-state index in [0.29, 0.717) is 5.75 Å². The molecule has 2 aromatic rings. The number of furan rings is 1. The highest BCUT2D eigenvalue weighted by atomic mass is 79.9. The van der Waals surface area contributed by atoms with Crippen molar-refractivity contribution in [1.82, 2.24) is 5.43 Å². The Morgan fingerprint density at radius 2 is 2.15 bits per heavy atom. The average Bonchev–Trinajstić information content (AvgIpc) is 3.11. The zero-order chi connectivity index (χ0) is 20.0. The van der Waals surface area contributed by atoms with Gasteiger partial charge in [-0.05, 0) is 76.7 Å². The summed E-state index contributed by atoms with van der Waals surface area (Å²) in [5, 5.41) is 3.94. The fourth-order valence-corrected chi connectivity index (χ4v) is 3.57. The van der Waals surface area contributed by atoms with Crippen LogP contribution in [0.25, 0.3) is 6.08 Å². The van der Waals surface area contributed by atoms with Crippen molar-refractivity contribution in [2.75, 3.05) is 6.61 Å². The van der Waals surface area contributed by atoms with Crippen molar-refractivity contribution in [3.8, 4) is 5.75 Å². The topological polar surface area (TPSA) is 63.8 Å². The van der Waals surface area contributed by atoms with Gasteiger partial charge in [0.05, 0.1) is 17.0 Å². The minimum atomic E-state index is -0.334. The quantitative estimate of drug-likeness (QED) is 0.387. The number of hydrogen-bond acceptors (Lipinski definition) is 4. The molecule has 1 aromatic heterocycles. The molecule has 0 aliphatic carbocycles. The number of amides is 1. The number of allylic oxidation sites excluding steroid dienone is 1. The van der Waals surface area contributed by atoms with E-state index >= 15 is 0 Å². The number of nitrogens with one attached hydrogen (secondary N) is 1. The van der Waals surface area contributed by atoms with Gasteiger partial charge in [0, 0.05) is 4.47 Å². The van der Waals surface area contributed by atoms with Crippen molar-refractivity contribution in [2.45, 2.75) is 33.6 Å². The first kappa shape index (κ1) is 21.4. The van der Waals surface area contributed by atoms with Crippen LogP contribution < -0.4 is 10.2 Å². The highest BCUT2D eigenvalue weighted by molar-refractivity contribution is 9.11. The van der Waals surface area contributed by atoms with Crippen LogP contribution in [0.15, 0.2) is 48.5 Å². The molecule has 27 heavy (non-hydrogen) atoms. The molecule has 0 atom stereocenters. The van der Waals surface area contributed by atoms with Gasteiger partial charge in [-0.2, -0.15) is 5.10 Å². The van der Waals surface area contributed by atoms with E-state index in [2.05, 4.69) is 56.2 Å². The molecule has 0 aliphatic rings. The number of hydrogen-bond donors (Lipinski definition) is 1. The van der Waals surface area contributed by atoms with E-state index in [-0.39, 0.29) is 18.4 Å². The number of halogens is 2. The summed E-state index contributed by atoms with van der Waals surface area (Å²) in [4.78, 5) is 12.0. The van der Waals surface area contributed by atoms with E-state index in [1.165, 1.54) is 0 Å². The Morgan fingerprint density at radius 1 is 1.41 bits per heavy atom. The lowest BCUT2D eigenvalue weighted by molar-refractivity contribution is -0.123. The van der Waals surface area contributed by atoms with Crippen LogP contribution >= 0.6 is 31.9 Å². The number of nitrogens with zero attached hydrogens (tertiary/aromatic N) is 1. The van der Waals surface area contributed by atoms with E-state index in [0.717, 1.165) is 31.4 Å². The van der Waals surface area contributed by atoms with Gasteiger partial charge in [-0.25, -0.2) is 5.43 Å². The maximum Gasteiger partial charge on any atom is 0.277 e. The minimum Gasteiger partial charge on any atom is -0.482 e. The molecule has 2 rings (SSSR count). The molecule has 0 spiro atoms. The molecule has 1 heterocycles. The van der Waals surface area contributed by atoms with Gasteiger partial charge in [0.1, 0.15) is 11.5 Å². The van der Waals surface area contributed by atoms with Gasteiger partial charge in [-0.3, -0.25) is 4.79 Å². The molecule has 1 aromatic carbocycles. The molecular weight excluding hydrogens is 476 g/mol. The minimum absolute atomic E-state index is 0.127. The molecule has 0 radical (unpaired) electrons. The molecule has 0 bridgehead atoms. The van der Waals surface area contributed by atoms with Gasteiger partial charge >= 0.3 is 0 Å². The zero-order valence-corrected chi connectivity index (χ0v) is 18.8.